The average molecular weight is 425 g/mol. The summed E-state index contributed by atoms with van der Waals surface area (Å²) >= 11 is 0. The quantitative estimate of drug-likeness (QED) is 0.419. The summed E-state index contributed by atoms with van der Waals surface area (Å²) in [7, 11) is 1.47. The Kier molecular flexibility index (Phi) is 10.7. The molecule has 2 unspecified atom stereocenters. The van der Waals surface area contributed by atoms with Gasteiger partial charge in [-0.25, -0.2) is 0 Å². The second kappa shape index (κ2) is 12.4. The second-order valence-corrected chi connectivity index (χ2v) is 9.01. The van der Waals surface area contributed by atoms with Crippen molar-refractivity contribution in [2.75, 3.05) is 7.11 Å². The van der Waals surface area contributed by atoms with Gasteiger partial charge in [0, 0.05) is 11.1 Å². The lowest BCUT2D eigenvalue weighted by molar-refractivity contribution is -0.150. The molecule has 3 heteroatoms. The van der Waals surface area contributed by atoms with Gasteiger partial charge in [0.1, 0.15) is 0 Å². The molecule has 1 aliphatic carbocycles. The Bertz CT molecular complexity index is 798. The Labute approximate surface area is 189 Å². The molecule has 0 aromatic heterocycles. The molecule has 0 fully saturated rings. The first-order chi connectivity index (χ1) is 14.7. The smallest absolute Gasteiger partial charge is 0.309 e. The fourth-order valence-corrected chi connectivity index (χ4v) is 3.66. The van der Waals surface area contributed by atoms with Gasteiger partial charge >= 0.3 is 5.97 Å². The van der Waals surface area contributed by atoms with E-state index in [4.69, 9.17) is 4.74 Å². The minimum atomic E-state index is -0.0715. The number of hydrogen-bond donors (Lipinski definition) is 0. The number of benzene rings is 2. The molecule has 0 radical (unpaired) electrons. The van der Waals surface area contributed by atoms with Crippen LogP contribution in [0.4, 0.5) is 0 Å². The van der Waals surface area contributed by atoms with E-state index in [0.29, 0.717) is 5.92 Å². The molecule has 3 rings (SSSR count). The lowest BCUT2D eigenvalue weighted by Gasteiger charge is -2.30. The molecule has 0 bridgehead atoms. The second-order valence-electron chi connectivity index (χ2n) is 9.01. The van der Waals surface area contributed by atoms with E-state index in [1.807, 2.05) is 62.4 Å². The first kappa shape index (κ1) is 26.6. The van der Waals surface area contributed by atoms with Crippen LogP contribution < -0.4 is 0 Å². The maximum absolute atomic E-state index is 12.1. The van der Waals surface area contributed by atoms with Crippen LogP contribution in [0.5, 0.6) is 0 Å². The van der Waals surface area contributed by atoms with Gasteiger partial charge in [-0.2, -0.15) is 0 Å². The molecule has 1 aliphatic rings. The highest BCUT2D eigenvalue weighted by molar-refractivity contribution is 6.12. The molecular formula is C28H40O3. The van der Waals surface area contributed by atoms with Crippen molar-refractivity contribution in [2.45, 2.75) is 67.7 Å². The summed E-state index contributed by atoms with van der Waals surface area (Å²) in [6.07, 6.45) is 2.91. The maximum atomic E-state index is 12.1. The molecule has 0 amide bonds. The lowest BCUT2D eigenvalue weighted by Crippen LogP contribution is -2.31. The Hall–Kier alpha value is -2.42. The van der Waals surface area contributed by atoms with E-state index < -0.39 is 0 Å². The molecule has 2 aromatic carbocycles. The highest BCUT2D eigenvalue weighted by atomic mass is 16.5. The van der Waals surface area contributed by atoms with E-state index in [-0.39, 0.29) is 23.1 Å². The molecule has 0 N–H and O–H groups in total. The van der Waals surface area contributed by atoms with E-state index in [9.17, 15) is 9.59 Å². The fraction of sp³-hybridized carbons (Fsp3) is 0.500. The first-order valence-corrected chi connectivity index (χ1v) is 11.5. The van der Waals surface area contributed by atoms with Crippen LogP contribution in [0, 0.1) is 17.3 Å². The third kappa shape index (κ3) is 7.34. The minimum absolute atomic E-state index is 0.00345. The van der Waals surface area contributed by atoms with Gasteiger partial charge in [-0.15, -0.1) is 0 Å². The highest BCUT2D eigenvalue weighted by Crippen LogP contribution is 2.33. The minimum Gasteiger partial charge on any atom is -0.469 e. The number of ether oxygens (including phenoxy) is 1. The van der Waals surface area contributed by atoms with Gasteiger partial charge in [0.25, 0.3) is 0 Å². The van der Waals surface area contributed by atoms with E-state index >= 15 is 0 Å². The molecule has 170 valence electrons. The largest absolute Gasteiger partial charge is 0.469 e. The van der Waals surface area contributed by atoms with Gasteiger partial charge < -0.3 is 4.74 Å². The van der Waals surface area contributed by atoms with Gasteiger partial charge in [-0.05, 0) is 35.3 Å². The third-order valence-corrected chi connectivity index (χ3v) is 5.77. The van der Waals surface area contributed by atoms with E-state index in [1.165, 1.54) is 7.11 Å². The van der Waals surface area contributed by atoms with Crippen molar-refractivity contribution in [1.29, 1.82) is 0 Å². The Morgan fingerprint density at radius 1 is 0.968 bits per heavy atom. The Balaban J connectivity index is 0.000000289. The molecule has 31 heavy (non-hydrogen) atoms. The molecule has 0 aliphatic heterocycles. The van der Waals surface area contributed by atoms with Crippen molar-refractivity contribution in [1.82, 2.24) is 0 Å². The number of rotatable bonds is 4. The Morgan fingerprint density at radius 3 is 1.81 bits per heavy atom. The number of esters is 1. The summed E-state index contributed by atoms with van der Waals surface area (Å²) in [4.78, 5) is 23.7. The Morgan fingerprint density at radius 2 is 1.42 bits per heavy atom. The monoisotopic (exact) mass is 424 g/mol. The van der Waals surface area contributed by atoms with Crippen molar-refractivity contribution < 1.29 is 14.3 Å². The predicted octanol–water partition coefficient (Wildman–Crippen LogP) is 7.11. The number of fused-ring (bicyclic) bond motifs is 2. The van der Waals surface area contributed by atoms with Gasteiger partial charge in [-0.1, -0.05) is 103 Å². The van der Waals surface area contributed by atoms with Crippen LogP contribution in [0.15, 0.2) is 48.5 Å². The fourth-order valence-electron chi connectivity index (χ4n) is 3.66. The zero-order valence-electron chi connectivity index (χ0n) is 20.6. The average Bonchev–Trinajstić information content (AvgIpc) is 2.78. The van der Waals surface area contributed by atoms with Crippen LogP contribution in [-0.4, -0.2) is 18.9 Å². The summed E-state index contributed by atoms with van der Waals surface area (Å²) in [6, 6.07) is 15.7. The van der Waals surface area contributed by atoms with Crippen LogP contribution in [0.3, 0.4) is 0 Å². The molecule has 0 spiro atoms. The van der Waals surface area contributed by atoms with Crippen LogP contribution >= 0.6 is 0 Å². The summed E-state index contributed by atoms with van der Waals surface area (Å²) in [5.74, 6) is 0.686. The van der Waals surface area contributed by atoms with Crippen molar-refractivity contribution in [3.63, 3.8) is 0 Å². The SMILES string of the molecule is CC.CCC(C)CC(C(=O)OC)C(C)(C)C.O=C1c2ccccc2Cc2ccccc21. The highest BCUT2D eigenvalue weighted by Gasteiger charge is 2.32. The van der Waals surface area contributed by atoms with E-state index in [1.54, 1.807) is 0 Å². The topological polar surface area (TPSA) is 43.4 Å². The maximum Gasteiger partial charge on any atom is 0.309 e. The van der Waals surface area contributed by atoms with Crippen LogP contribution in [-0.2, 0) is 16.0 Å². The standard InChI is InChI=1S/C14H10O.C12H24O2.C2H6/c15-14-12-7-3-1-5-10(12)9-11-6-2-4-8-13(11)14;1-7-9(2)8-10(11(13)14-6)12(3,4)5;1-2/h1-8H,9H2;9-10H,7-8H2,1-6H3;1-2H3. The lowest BCUT2D eigenvalue weighted by atomic mass is 9.75. The predicted molar refractivity (Wildman–Crippen MR) is 130 cm³/mol. The summed E-state index contributed by atoms with van der Waals surface area (Å²) in [5, 5.41) is 0. The molecule has 2 atom stereocenters. The van der Waals surface area contributed by atoms with Crippen molar-refractivity contribution >= 4 is 11.8 Å². The molecule has 2 aromatic rings. The number of methoxy groups -OCH3 is 1. The van der Waals surface area contributed by atoms with E-state index in [2.05, 4.69) is 34.6 Å². The van der Waals surface area contributed by atoms with Gasteiger partial charge in [-0.3, -0.25) is 9.59 Å². The van der Waals surface area contributed by atoms with Crippen molar-refractivity contribution in [3.05, 3.63) is 70.8 Å². The number of carbonyl (C=O) groups excluding carboxylic acids is 2. The number of ketones is 1. The van der Waals surface area contributed by atoms with Gasteiger partial charge in [0.15, 0.2) is 5.78 Å². The normalized spacial score (nSPS) is 13.9. The molecular weight excluding hydrogens is 384 g/mol. The molecule has 0 saturated carbocycles. The zero-order valence-corrected chi connectivity index (χ0v) is 20.6. The molecule has 3 nitrogen and oxygen atoms in total. The summed E-state index contributed by atoms with van der Waals surface area (Å²) < 4.78 is 4.85. The van der Waals surface area contributed by atoms with Crippen molar-refractivity contribution in [2.24, 2.45) is 17.3 Å². The van der Waals surface area contributed by atoms with Crippen LogP contribution in [0.2, 0.25) is 0 Å². The van der Waals surface area contributed by atoms with Crippen molar-refractivity contribution in [3.8, 4) is 0 Å². The van der Waals surface area contributed by atoms with E-state index in [0.717, 1.165) is 41.5 Å². The molecule has 0 heterocycles. The zero-order chi connectivity index (χ0) is 23.6. The van der Waals surface area contributed by atoms with Crippen LogP contribution in [0.1, 0.15) is 88.4 Å². The van der Waals surface area contributed by atoms with Gasteiger partial charge in [0.2, 0.25) is 0 Å². The number of carbonyl (C=O) groups is 2. The van der Waals surface area contributed by atoms with Gasteiger partial charge in [0.05, 0.1) is 13.0 Å². The third-order valence-electron chi connectivity index (χ3n) is 5.77. The van der Waals surface area contributed by atoms with Crippen LogP contribution in [0.25, 0.3) is 0 Å². The summed E-state index contributed by atoms with van der Waals surface area (Å²) in [6.45, 7) is 14.6. The molecule has 0 saturated heterocycles. The summed E-state index contributed by atoms with van der Waals surface area (Å²) in [5.41, 5.74) is 3.99. The number of hydrogen-bond acceptors (Lipinski definition) is 3. The first-order valence-electron chi connectivity index (χ1n) is 11.5.